The predicted molar refractivity (Wildman–Crippen MR) is 121 cm³/mol. The highest BCUT2D eigenvalue weighted by Crippen LogP contribution is 2.22. The van der Waals surface area contributed by atoms with Crippen LogP contribution in [0.3, 0.4) is 0 Å². The molecule has 2 aromatic carbocycles. The Morgan fingerprint density at radius 1 is 1.00 bits per heavy atom. The van der Waals surface area contributed by atoms with Crippen LogP contribution in [0.5, 0.6) is 0 Å². The molecule has 2 N–H and O–H groups in total. The van der Waals surface area contributed by atoms with E-state index in [-0.39, 0.29) is 11.9 Å². The lowest BCUT2D eigenvalue weighted by molar-refractivity contribution is 0.0950. The quantitative estimate of drug-likeness (QED) is 0.478. The van der Waals surface area contributed by atoms with Gasteiger partial charge in [0.1, 0.15) is 0 Å². The Morgan fingerprint density at radius 3 is 2.41 bits per heavy atom. The van der Waals surface area contributed by atoms with Gasteiger partial charge in [0.2, 0.25) is 0 Å². The van der Waals surface area contributed by atoms with Crippen LogP contribution in [0.4, 0.5) is 5.69 Å². The fraction of sp³-hybridized carbons (Fsp3) is 0.250. The summed E-state index contributed by atoms with van der Waals surface area (Å²) in [5, 5.41) is 6.56. The molecular formula is C24H27N3OS. The summed E-state index contributed by atoms with van der Waals surface area (Å²) in [5.74, 6) is 1.21. The van der Waals surface area contributed by atoms with Crippen molar-refractivity contribution >= 4 is 23.4 Å². The van der Waals surface area contributed by atoms with Crippen LogP contribution in [0, 0.1) is 5.92 Å². The second-order valence-corrected chi connectivity index (χ2v) is 8.29. The number of aromatic nitrogens is 1. The topological polar surface area (TPSA) is 54.0 Å². The first-order valence-corrected chi connectivity index (χ1v) is 10.8. The maximum Gasteiger partial charge on any atom is 0.251 e. The molecule has 1 amide bonds. The molecule has 0 aliphatic heterocycles. The average Bonchev–Trinajstić information content (AvgIpc) is 2.76. The fourth-order valence-electron chi connectivity index (χ4n) is 2.86. The summed E-state index contributed by atoms with van der Waals surface area (Å²) in [6, 6.07) is 22.0. The highest BCUT2D eigenvalue weighted by Gasteiger charge is 2.15. The number of anilines is 1. The predicted octanol–water partition coefficient (Wildman–Crippen LogP) is 5.24. The van der Waals surface area contributed by atoms with E-state index in [9.17, 15) is 4.79 Å². The summed E-state index contributed by atoms with van der Waals surface area (Å²) < 4.78 is 0. The first kappa shape index (κ1) is 20.9. The molecule has 150 valence electrons. The van der Waals surface area contributed by atoms with Gasteiger partial charge in [-0.2, -0.15) is 0 Å². The molecule has 0 spiro atoms. The molecular weight excluding hydrogens is 378 g/mol. The zero-order chi connectivity index (χ0) is 20.5. The van der Waals surface area contributed by atoms with Gasteiger partial charge in [-0.1, -0.05) is 38.1 Å². The van der Waals surface area contributed by atoms with Crippen molar-refractivity contribution in [3.05, 3.63) is 90.3 Å². The Bertz CT molecular complexity index is 883. The van der Waals surface area contributed by atoms with Gasteiger partial charge >= 0.3 is 0 Å². The number of amides is 1. The van der Waals surface area contributed by atoms with Crippen LogP contribution in [0.15, 0.2) is 84.0 Å². The van der Waals surface area contributed by atoms with E-state index < -0.39 is 0 Å². The van der Waals surface area contributed by atoms with Crippen molar-refractivity contribution in [2.75, 3.05) is 11.9 Å². The Balaban J connectivity index is 1.51. The molecule has 29 heavy (non-hydrogen) atoms. The van der Waals surface area contributed by atoms with Crippen LogP contribution in [-0.4, -0.2) is 23.5 Å². The van der Waals surface area contributed by atoms with E-state index in [1.54, 1.807) is 18.0 Å². The van der Waals surface area contributed by atoms with Crippen molar-refractivity contribution in [1.29, 1.82) is 0 Å². The van der Waals surface area contributed by atoms with Crippen molar-refractivity contribution in [1.82, 2.24) is 10.3 Å². The molecule has 1 atom stereocenters. The standard InChI is InChI=1S/C24H27N3OS/c1-18(2)23(27-21-8-4-3-5-9-21)16-26-24(28)20-10-12-22(13-11-20)29-17-19-7-6-14-25-15-19/h3-15,18,23,27H,16-17H2,1-2H3,(H,26,28). The summed E-state index contributed by atoms with van der Waals surface area (Å²) in [7, 11) is 0. The van der Waals surface area contributed by atoms with Crippen LogP contribution in [0.25, 0.3) is 0 Å². The van der Waals surface area contributed by atoms with E-state index in [0.717, 1.165) is 16.3 Å². The summed E-state index contributed by atoms with van der Waals surface area (Å²) in [6.45, 7) is 4.88. The second-order valence-electron chi connectivity index (χ2n) is 7.25. The normalized spacial score (nSPS) is 11.8. The maximum absolute atomic E-state index is 12.6. The SMILES string of the molecule is CC(C)C(CNC(=O)c1ccc(SCc2cccnc2)cc1)Nc1ccccc1. The van der Waals surface area contributed by atoms with Crippen molar-refractivity contribution in [3.63, 3.8) is 0 Å². The first-order valence-electron chi connectivity index (χ1n) is 9.83. The molecule has 0 fully saturated rings. The van der Waals surface area contributed by atoms with Crippen molar-refractivity contribution < 1.29 is 4.79 Å². The highest BCUT2D eigenvalue weighted by atomic mass is 32.2. The van der Waals surface area contributed by atoms with Crippen LogP contribution in [0.1, 0.15) is 29.8 Å². The number of carbonyl (C=O) groups excluding carboxylic acids is 1. The number of hydrogen-bond acceptors (Lipinski definition) is 4. The number of rotatable bonds is 9. The number of pyridine rings is 1. The Kier molecular flexibility index (Phi) is 7.70. The largest absolute Gasteiger partial charge is 0.380 e. The van der Waals surface area contributed by atoms with E-state index in [1.807, 2.05) is 66.9 Å². The molecule has 0 radical (unpaired) electrons. The van der Waals surface area contributed by atoms with E-state index in [4.69, 9.17) is 0 Å². The average molecular weight is 406 g/mol. The lowest BCUT2D eigenvalue weighted by Crippen LogP contribution is -2.39. The molecule has 1 aromatic heterocycles. The van der Waals surface area contributed by atoms with E-state index in [1.165, 1.54) is 5.56 Å². The molecule has 0 bridgehead atoms. The van der Waals surface area contributed by atoms with Gasteiger partial charge in [0.15, 0.2) is 0 Å². The summed E-state index contributed by atoms with van der Waals surface area (Å²) in [4.78, 5) is 17.8. The number of nitrogens with one attached hydrogen (secondary N) is 2. The zero-order valence-corrected chi connectivity index (χ0v) is 17.7. The van der Waals surface area contributed by atoms with Crippen LogP contribution in [0.2, 0.25) is 0 Å². The zero-order valence-electron chi connectivity index (χ0n) is 16.8. The number of carbonyl (C=O) groups is 1. The number of thioether (sulfide) groups is 1. The molecule has 1 unspecified atom stereocenters. The third-order valence-electron chi connectivity index (χ3n) is 4.66. The minimum absolute atomic E-state index is 0.0469. The van der Waals surface area contributed by atoms with E-state index >= 15 is 0 Å². The smallest absolute Gasteiger partial charge is 0.251 e. The van der Waals surface area contributed by atoms with Gasteiger partial charge in [-0.15, -0.1) is 11.8 Å². The Labute approximate surface area is 177 Å². The lowest BCUT2D eigenvalue weighted by Gasteiger charge is -2.24. The second kappa shape index (κ2) is 10.7. The third-order valence-corrected chi connectivity index (χ3v) is 5.74. The monoisotopic (exact) mass is 405 g/mol. The van der Waals surface area contributed by atoms with E-state index in [2.05, 4.69) is 35.5 Å². The number of para-hydroxylation sites is 1. The van der Waals surface area contributed by atoms with Gasteiger partial charge in [0.25, 0.3) is 5.91 Å². The van der Waals surface area contributed by atoms with Crippen LogP contribution in [-0.2, 0) is 5.75 Å². The molecule has 3 aromatic rings. The minimum atomic E-state index is -0.0469. The van der Waals surface area contributed by atoms with Gasteiger partial charge in [0.05, 0.1) is 0 Å². The molecule has 3 rings (SSSR count). The lowest BCUT2D eigenvalue weighted by atomic mass is 10.0. The minimum Gasteiger partial charge on any atom is -0.380 e. The van der Waals surface area contributed by atoms with Gasteiger partial charge in [0, 0.05) is 46.9 Å². The van der Waals surface area contributed by atoms with Crippen molar-refractivity contribution in [2.24, 2.45) is 5.92 Å². The van der Waals surface area contributed by atoms with Crippen molar-refractivity contribution in [3.8, 4) is 0 Å². The molecule has 5 heteroatoms. The molecule has 0 aliphatic carbocycles. The molecule has 0 saturated carbocycles. The molecule has 4 nitrogen and oxygen atoms in total. The fourth-order valence-corrected chi connectivity index (χ4v) is 3.69. The highest BCUT2D eigenvalue weighted by molar-refractivity contribution is 7.98. The van der Waals surface area contributed by atoms with Crippen LogP contribution >= 0.6 is 11.8 Å². The maximum atomic E-state index is 12.6. The summed E-state index contributed by atoms with van der Waals surface area (Å²) in [6.07, 6.45) is 3.66. The van der Waals surface area contributed by atoms with Gasteiger partial charge in [-0.05, 0) is 53.9 Å². The molecule has 1 heterocycles. The van der Waals surface area contributed by atoms with Crippen molar-refractivity contribution in [2.45, 2.75) is 30.5 Å². The molecule has 0 saturated heterocycles. The summed E-state index contributed by atoms with van der Waals surface area (Å²) in [5.41, 5.74) is 2.93. The Morgan fingerprint density at radius 2 is 1.76 bits per heavy atom. The van der Waals surface area contributed by atoms with Crippen LogP contribution < -0.4 is 10.6 Å². The van der Waals surface area contributed by atoms with E-state index in [0.29, 0.717) is 18.0 Å². The number of hydrogen-bond donors (Lipinski definition) is 2. The molecule has 0 aliphatic rings. The van der Waals surface area contributed by atoms with Gasteiger partial charge in [-0.3, -0.25) is 9.78 Å². The Hall–Kier alpha value is -2.79. The van der Waals surface area contributed by atoms with Gasteiger partial charge < -0.3 is 10.6 Å². The third kappa shape index (κ3) is 6.64. The first-order chi connectivity index (χ1) is 14.1. The summed E-state index contributed by atoms with van der Waals surface area (Å²) >= 11 is 1.74. The van der Waals surface area contributed by atoms with Gasteiger partial charge in [-0.25, -0.2) is 0 Å². The number of nitrogens with zero attached hydrogens (tertiary/aromatic N) is 1. The number of benzene rings is 2.